The zero-order valence-corrected chi connectivity index (χ0v) is 14.0. The minimum Gasteiger partial charge on any atom is -0.489 e. The number of carbonyl (C=O) groups excluding carboxylic acids is 1. The van der Waals surface area contributed by atoms with Crippen molar-refractivity contribution in [1.82, 2.24) is 14.8 Å². The Hall–Kier alpha value is -2.86. The van der Waals surface area contributed by atoms with Gasteiger partial charge in [-0.2, -0.15) is 10.1 Å². The standard InChI is InChI=1S/C18H15ClN4O2/c19-14-6-4-12(5-7-14)10-25-15-3-1-2-13(8-15)16-9-17(24)22-18-20-11-21-23(16)18/h1-8,11,16H,9-10H2,(H,20,21,22,24)/t16-/m0/s1. The van der Waals surface area contributed by atoms with E-state index in [1.165, 1.54) is 6.33 Å². The van der Waals surface area contributed by atoms with Crippen molar-refractivity contribution in [3.05, 3.63) is 71.0 Å². The highest BCUT2D eigenvalue weighted by Gasteiger charge is 2.27. The molecular formula is C18H15ClN4O2. The summed E-state index contributed by atoms with van der Waals surface area (Å²) in [5, 5.41) is 7.63. The van der Waals surface area contributed by atoms with Crippen LogP contribution in [-0.2, 0) is 11.4 Å². The topological polar surface area (TPSA) is 69.0 Å². The molecule has 1 aliphatic rings. The number of benzene rings is 2. The number of hydrogen-bond acceptors (Lipinski definition) is 4. The third-order valence-electron chi connectivity index (χ3n) is 4.06. The first-order valence-corrected chi connectivity index (χ1v) is 8.23. The molecule has 1 atom stereocenters. The van der Waals surface area contributed by atoms with Crippen molar-refractivity contribution in [2.24, 2.45) is 0 Å². The zero-order chi connectivity index (χ0) is 17.2. The van der Waals surface area contributed by atoms with Gasteiger partial charge in [-0.3, -0.25) is 10.1 Å². The van der Waals surface area contributed by atoms with Gasteiger partial charge >= 0.3 is 0 Å². The van der Waals surface area contributed by atoms with Crippen LogP contribution in [0.5, 0.6) is 5.75 Å². The molecule has 7 heteroatoms. The van der Waals surface area contributed by atoms with Crippen molar-refractivity contribution in [3.63, 3.8) is 0 Å². The number of ether oxygens (including phenoxy) is 1. The first-order valence-electron chi connectivity index (χ1n) is 7.85. The first-order chi connectivity index (χ1) is 12.2. The Kier molecular flexibility index (Phi) is 4.11. The molecule has 0 fully saturated rings. The van der Waals surface area contributed by atoms with E-state index in [0.717, 1.165) is 16.9 Å². The highest BCUT2D eigenvalue weighted by atomic mass is 35.5. The van der Waals surface area contributed by atoms with Gasteiger partial charge in [0.15, 0.2) is 0 Å². The highest BCUT2D eigenvalue weighted by Crippen LogP contribution is 2.30. The van der Waals surface area contributed by atoms with Crippen LogP contribution in [-0.4, -0.2) is 20.7 Å². The van der Waals surface area contributed by atoms with E-state index >= 15 is 0 Å². The van der Waals surface area contributed by atoms with E-state index in [9.17, 15) is 4.79 Å². The molecule has 0 saturated heterocycles. The van der Waals surface area contributed by atoms with Crippen molar-refractivity contribution in [2.75, 3.05) is 5.32 Å². The van der Waals surface area contributed by atoms with Crippen LogP contribution in [0.15, 0.2) is 54.9 Å². The maximum atomic E-state index is 11.9. The van der Waals surface area contributed by atoms with Crippen LogP contribution in [0.2, 0.25) is 5.02 Å². The zero-order valence-electron chi connectivity index (χ0n) is 13.2. The van der Waals surface area contributed by atoms with E-state index in [4.69, 9.17) is 16.3 Å². The summed E-state index contributed by atoms with van der Waals surface area (Å²) in [6.07, 6.45) is 1.76. The van der Waals surface area contributed by atoms with Gasteiger partial charge in [-0.25, -0.2) is 4.68 Å². The number of anilines is 1. The summed E-state index contributed by atoms with van der Waals surface area (Å²) in [7, 11) is 0. The lowest BCUT2D eigenvalue weighted by molar-refractivity contribution is -0.117. The van der Waals surface area contributed by atoms with E-state index in [2.05, 4.69) is 15.4 Å². The Morgan fingerprint density at radius 1 is 1.24 bits per heavy atom. The van der Waals surface area contributed by atoms with Crippen LogP contribution >= 0.6 is 11.6 Å². The van der Waals surface area contributed by atoms with Crippen LogP contribution in [0.4, 0.5) is 5.95 Å². The molecule has 0 radical (unpaired) electrons. The normalized spacial score (nSPS) is 16.2. The van der Waals surface area contributed by atoms with Gasteiger partial charge in [0.25, 0.3) is 0 Å². The van der Waals surface area contributed by atoms with Crippen molar-refractivity contribution in [3.8, 4) is 5.75 Å². The molecular weight excluding hydrogens is 340 g/mol. The molecule has 1 aliphatic heterocycles. The second-order valence-electron chi connectivity index (χ2n) is 5.78. The molecule has 0 aliphatic carbocycles. The van der Waals surface area contributed by atoms with E-state index in [1.807, 2.05) is 48.5 Å². The monoisotopic (exact) mass is 354 g/mol. The number of fused-ring (bicyclic) bond motifs is 1. The highest BCUT2D eigenvalue weighted by molar-refractivity contribution is 6.30. The molecule has 25 heavy (non-hydrogen) atoms. The van der Waals surface area contributed by atoms with Gasteiger partial charge in [0.05, 0.1) is 12.5 Å². The lowest BCUT2D eigenvalue weighted by atomic mass is 10.0. The van der Waals surface area contributed by atoms with Crippen molar-refractivity contribution < 1.29 is 9.53 Å². The summed E-state index contributed by atoms with van der Waals surface area (Å²) in [6.45, 7) is 0.445. The van der Waals surface area contributed by atoms with Gasteiger partial charge in [-0.1, -0.05) is 35.9 Å². The fourth-order valence-electron chi connectivity index (χ4n) is 2.82. The van der Waals surface area contributed by atoms with E-state index in [-0.39, 0.29) is 11.9 Å². The lowest BCUT2D eigenvalue weighted by Crippen LogP contribution is -2.29. The summed E-state index contributed by atoms with van der Waals surface area (Å²) in [6, 6.07) is 15.0. The Morgan fingerprint density at radius 2 is 2.08 bits per heavy atom. The third kappa shape index (κ3) is 3.34. The van der Waals surface area contributed by atoms with Crippen LogP contribution in [0.25, 0.3) is 0 Å². The smallest absolute Gasteiger partial charge is 0.229 e. The van der Waals surface area contributed by atoms with Crippen molar-refractivity contribution in [1.29, 1.82) is 0 Å². The molecule has 0 bridgehead atoms. The van der Waals surface area contributed by atoms with Gasteiger partial charge in [0, 0.05) is 5.02 Å². The average molecular weight is 355 g/mol. The predicted molar refractivity (Wildman–Crippen MR) is 93.6 cm³/mol. The molecule has 0 unspecified atom stereocenters. The van der Waals surface area contributed by atoms with Gasteiger partial charge in [0.1, 0.15) is 18.7 Å². The number of nitrogens with one attached hydrogen (secondary N) is 1. The molecule has 2 aromatic carbocycles. The minimum absolute atomic E-state index is 0.0713. The Bertz CT molecular complexity index is 907. The van der Waals surface area contributed by atoms with E-state index in [0.29, 0.717) is 24.0 Å². The summed E-state index contributed by atoms with van der Waals surface area (Å²) in [5.74, 6) is 1.13. The lowest BCUT2D eigenvalue weighted by Gasteiger charge is -2.24. The quantitative estimate of drug-likeness (QED) is 0.779. The largest absolute Gasteiger partial charge is 0.489 e. The summed E-state index contributed by atoms with van der Waals surface area (Å²) in [5.41, 5.74) is 1.99. The second kappa shape index (κ2) is 6.57. The number of amides is 1. The number of rotatable bonds is 4. The summed E-state index contributed by atoms with van der Waals surface area (Å²) < 4.78 is 7.59. The molecule has 126 valence electrons. The molecule has 1 amide bonds. The second-order valence-corrected chi connectivity index (χ2v) is 6.22. The molecule has 1 N–H and O–H groups in total. The first kappa shape index (κ1) is 15.7. The van der Waals surface area contributed by atoms with E-state index in [1.54, 1.807) is 4.68 Å². The fraction of sp³-hybridized carbons (Fsp3) is 0.167. The molecule has 0 spiro atoms. The number of aromatic nitrogens is 3. The Labute approximate surface area is 149 Å². The number of carbonyl (C=O) groups is 1. The van der Waals surface area contributed by atoms with Crippen molar-refractivity contribution in [2.45, 2.75) is 19.1 Å². The van der Waals surface area contributed by atoms with Gasteiger partial charge in [-0.05, 0) is 35.4 Å². The Morgan fingerprint density at radius 3 is 2.92 bits per heavy atom. The minimum atomic E-state index is -0.190. The predicted octanol–water partition coefficient (Wildman–Crippen LogP) is 3.44. The molecule has 1 aromatic heterocycles. The van der Waals surface area contributed by atoms with Crippen LogP contribution in [0.3, 0.4) is 0 Å². The molecule has 6 nitrogen and oxygen atoms in total. The average Bonchev–Trinajstić information content (AvgIpc) is 3.09. The third-order valence-corrected chi connectivity index (χ3v) is 4.31. The van der Waals surface area contributed by atoms with Gasteiger partial charge in [0.2, 0.25) is 11.9 Å². The number of hydrogen-bond donors (Lipinski definition) is 1. The summed E-state index contributed by atoms with van der Waals surface area (Å²) >= 11 is 5.89. The SMILES string of the molecule is O=C1C[C@@H](c2cccc(OCc3ccc(Cl)cc3)c2)n2ncnc2N1. The summed E-state index contributed by atoms with van der Waals surface area (Å²) in [4.78, 5) is 16.0. The maximum Gasteiger partial charge on any atom is 0.229 e. The number of nitrogens with zero attached hydrogens (tertiary/aromatic N) is 3. The van der Waals surface area contributed by atoms with E-state index < -0.39 is 0 Å². The molecule has 4 rings (SSSR count). The van der Waals surface area contributed by atoms with Crippen LogP contribution in [0.1, 0.15) is 23.6 Å². The number of halogens is 1. The van der Waals surface area contributed by atoms with Crippen molar-refractivity contribution >= 4 is 23.5 Å². The van der Waals surface area contributed by atoms with Gasteiger partial charge in [-0.15, -0.1) is 0 Å². The fourth-order valence-corrected chi connectivity index (χ4v) is 2.95. The Balaban J connectivity index is 1.54. The van der Waals surface area contributed by atoms with Gasteiger partial charge < -0.3 is 4.74 Å². The van der Waals surface area contributed by atoms with Crippen LogP contribution < -0.4 is 10.1 Å². The maximum absolute atomic E-state index is 11.9. The molecule has 0 saturated carbocycles. The van der Waals surface area contributed by atoms with Crippen LogP contribution in [0, 0.1) is 0 Å². The molecule has 3 aromatic rings. The molecule has 2 heterocycles.